The third kappa shape index (κ3) is 3.26. The van der Waals surface area contributed by atoms with Gasteiger partial charge in [-0.05, 0) is 25.3 Å². The van der Waals surface area contributed by atoms with Crippen molar-refractivity contribution >= 4 is 11.8 Å². The molecule has 1 aromatic rings. The van der Waals surface area contributed by atoms with Crippen LogP contribution >= 0.6 is 0 Å². The first kappa shape index (κ1) is 17.8. The van der Waals surface area contributed by atoms with Gasteiger partial charge in [-0.3, -0.25) is 9.59 Å². The van der Waals surface area contributed by atoms with Gasteiger partial charge in [0.15, 0.2) is 11.6 Å². The van der Waals surface area contributed by atoms with Gasteiger partial charge >= 0.3 is 0 Å². The van der Waals surface area contributed by atoms with Gasteiger partial charge in [0.2, 0.25) is 11.8 Å². The molecule has 2 heterocycles. The van der Waals surface area contributed by atoms with E-state index in [9.17, 15) is 18.4 Å². The number of amides is 2. The predicted molar refractivity (Wildman–Crippen MR) is 89.5 cm³/mol. The number of likely N-dealkylation sites (tertiary alicyclic amines) is 2. The lowest BCUT2D eigenvalue weighted by Gasteiger charge is -2.39. The molecule has 136 valence electrons. The van der Waals surface area contributed by atoms with E-state index in [0.717, 1.165) is 18.9 Å². The van der Waals surface area contributed by atoms with Crippen molar-refractivity contribution in [1.29, 1.82) is 0 Å². The minimum absolute atomic E-state index is 0.0403. The molecule has 2 aliphatic heterocycles. The quantitative estimate of drug-likeness (QED) is 0.841. The van der Waals surface area contributed by atoms with Crippen LogP contribution in [-0.2, 0) is 16.1 Å². The van der Waals surface area contributed by atoms with Crippen LogP contribution in [0.1, 0.15) is 38.7 Å². The fourth-order valence-electron chi connectivity index (χ4n) is 3.98. The largest absolute Gasteiger partial charge is 0.341 e. The highest BCUT2D eigenvalue weighted by Gasteiger charge is 2.49. The van der Waals surface area contributed by atoms with Gasteiger partial charge in [0.1, 0.15) is 0 Å². The second-order valence-corrected chi connectivity index (χ2v) is 7.49. The summed E-state index contributed by atoms with van der Waals surface area (Å²) in [6.45, 7) is 5.34. The minimum atomic E-state index is -0.897. The zero-order valence-electron chi connectivity index (χ0n) is 14.7. The van der Waals surface area contributed by atoms with E-state index in [1.54, 1.807) is 9.80 Å². The Morgan fingerprint density at radius 1 is 1.24 bits per heavy atom. The molecule has 3 rings (SSSR count). The van der Waals surface area contributed by atoms with Gasteiger partial charge in [-0.2, -0.15) is 0 Å². The Morgan fingerprint density at radius 3 is 2.72 bits per heavy atom. The fraction of sp³-hybridized carbons (Fsp3) is 0.579. The molecule has 2 saturated heterocycles. The number of benzene rings is 1. The Kier molecular flexibility index (Phi) is 4.80. The molecule has 0 bridgehead atoms. The van der Waals surface area contributed by atoms with Crippen LogP contribution < -0.4 is 0 Å². The second kappa shape index (κ2) is 6.73. The first-order chi connectivity index (χ1) is 11.8. The van der Waals surface area contributed by atoms with Crippen LogP contribution in [0, 0.1) is 23.0 Å². The van der Waals surface area contributed by atoms with E-state index < -0.39 is 17.0 Å². The van der Waals surface area contributed by atoms with Crippen LogP contribution in [0.25, 0.3) is 0 Å². The maximum atomic E-state index is 13.9. The number of carbonyl (C=O) groups is 2. The average molecular weight is 350 g/mol. The van der Waals surface area contributed by atoms with Crippen molar-refractivity contribution < 1.29 is 18.4 Å². The van der Waals surface area contributed by atoms with Crippen molar-refractivity contribution in [2.75, 3.05) is 19.6 Å². The Labute approximate surface area is 146 Å². The van der Waals surface area contributed by atoms with Crippen molar-refractivity contribution in [3.8, 4) is 0 Å². The Morgan fingerprint density at radius 2 is 2.00 bits per heavy atom. The van der Waals surface area contributed by atoms with E-state index in [4.69, 9.17) is 0 Å². The van der Waals surface area contributed by atoms with E-state index >= 15 is 0 Å². The molecule has 2 amide bonds. The summed E-state index contributed by atoms with van der Waals surface area (Å²) in [6, 6.07) is 4.04. The van der Waals surface area contributed by atoms with Gasteiger partial charge in [-0.15, -0.1) is 0 Å². The third-order valence-electron chi connectivity index (χ3n) is 5.38. The summed E-state index contributed by atoms with van der Waals surface area (Å²) in [7, 11) is 0. The normalized spacial score (nSPS) is 23.8. The van der Waals surface area contributed by atoms with Crippen molar-refractivity contribution in [3.63, 3.8) is 0 Å². The molecule has 0 radical (unpaired) electrons. The number of hydrogen-bond acceptors (Lipinski definition) is 2. The topological polar surface area (TPSA) is 40.6 Å². The van der Waals surface area contributed by atoms with Crippen molar-refractivity contribution in [1.82, 2.24) is 9.80 Å². The van der Waals surface area contributed by atoms with E-state index in [2.05, 4.69) is 0 Å². The van der Waals surface area contributed by atoms with E-state index in [-0.39, 0.29) is 29.8 Å². The molecule has 0 unspecified atom stereocenters. The van der Waals surface area contributed by atoms with Gasteiger partial charge in [0, 0.05) is 37.7 Å². The number of piperidine rings is 1. The standard InChI is InChI=1S/C19H24F2N2O2/c1-13(2)17(24)23-10-8-19(12-23)7-4-9-22(18(19)25)11-14-5-3-6-15(20)16(14)21/h3,5-6,13H,4,7-12H2,1-2H3/t19-/m0/s1. The Balaban J connectivity index is 1.76. The van der Waals surface area contributed by atoms with Gasteiger partial charge in [0.05, 0.1) is 5.41 Å². The lowest BCUT2D eigenvalue weighted by atomic mass is 9.78. The first-order valence-electron chi connectivity index (χ1n) is 8.85. The Bertz CT molecular complexity index is 692. The molecule has 0 aliphatic carbocycles. The number of rotatable bonds is 3. The monoisotopic (exact) mass is 350 g/mol. The van der Waals surface area contributed by atoms with Crippen LogP contribution in [-0.4, -0.2) is 41.2 Å². The molecule has 2 fully saturated rings. The highest BCUT2D eigenvalue weighted by Crippen LogP contribution is 2.41. The number of carbonyl (C=O) groups excluding carboxylic acids is 2. The lowest BCUT2D eigenvalue weighted by Crippen LogP contribution is -2.50. The second-order valence-electron chi connectivity index (χ2n) is 7.49. The summed E-state index contributed by atoms with van der Waals surface area (Å²) in [6.07, 6.45) is 2.20. The summed E-state index contributed by atoms with van der Waals surface area (Å²) in [5, 5.41) is 0. The molecule has 1 aromatic carbocycles. The van der Waals surface area contributed by atoms with Crippen LogP contribution in [0.5, 0.6) is 0 Å². The van der Waals surface area contributed by atoms with Crippen molar-refractivity contribution in [2.45, 2.75) is 39.7 Å². The SMILES string of the molecule is CC(C)C(=O)N1CC[C@@]2(CCCN(Cc3cccc(F)c3F)C2=O)C1. The third-order valence-corrected chi connectivity index (χ3v) is 5.38. The molecule has 6 heteroatoms. The summed E-state index contributed by atoms with van der Waals surface area (Å²) in [5.74, 6) is -1.85. The predicted octanol–water partition coefficient (Wildman–Crippen LogP) is 2.96. The smallest absolute Gasteiger partial charge is 0.230 e. The molecular weight excluding hydrogens is 326 g/mol. The summed E-state index contributed by atoms with van der Waals surface area (Å²) >= 11 is 0. The summed E-state index contributed by atoms with van der Waals surface area (Å²) < 4.78 is 27.4. The van der Waals surface area contributed by atoms with Crippen LogP contribution in [0.3, 0.4) is 0 Å². The molecular formula is C19H24F2N2O2. The Hall–Kier alpha value is -1.98. The van der Waals surface area contributed by atoms with Crippen LogP contribution in [0.2, 0.25) is 0 Å². The van der Waals surface area contributed by atoms with Crippen LogP contribution in [0.4, 0.5) is 8.78 Å². The summed E-state index contributed by atoms with van der Waals surface area (Å²) in [5.41, 5.74) is -0.370. The van der Waals surface area contributed by atoms with Crippen molar-refractivity contribution in [2.24, 2.45) is 11.3 Å². The molecule has 0 N–H and O–H groups in total. The van der Waals surface area contributed by atoms with E-state index in [1.807, 2.05) is 13.8 Å². The van der Waals surface area contributed by atoms with Crippen LogP contribution in [0.15, 0.2) is 18.2 Å². The molecule has 0 saturated carbocycles. The van der Waals surface area contributed by atoms with Gasteiger partial charge < -0.3 is 9.80 Å². The van der Waals surface area contributed by atoms with E-state index in [1.165, 1.54) is 12.1 Å². The first-order valence-corrected chi connectivity index (χ1v) is 8.85. The maximum absolute atomic E-state index is 13.9. The molecule has 0 aromatic heterocycles. The van der Waals surface area contributed by atoms with Gasteiger partial charge in [0.25, 0.3) is 0 Å². The highest BCUT2D eigenvalue weighted by molar-refractivity contribution is 5.86. The average Bonchev–Trinajstić information content (AvgIpc) is 3.00. The lowest BCUT2D eigenvalue weighted by molar-refractivity contribution is -0.147. The molecule has 1 spiro atoms. The highest BCUT2D eigenvalue weighted by atomic mass is 19.2. The zero-order chi connectivity index (χ0) is 18.2. The maximum Gasteiger partial charge on any atom is 0.230 e. The number of hydrogen-bond donors (Lipinski definition) is 0. The van der Waals surface area contributed by atoms with E-state index in [0.29, 0.717) is 26.1 Å². The zero-order valence-corrected chi connectivity index (χ0v) is 14.7. The van der Waals surface area contributed by atoms with Gasteiger partial charge in [-0.1, -0.05) is 26.0 Å². The fourth-order valence-corrected chi connectivity index (χ4v) is 3.98. The number of halogens is 2. The molecule has 4 nitrogen and oxygen atoms in total. The molecule has 2 aliphatic rings. The number of nitrogens with zero attached hydrogens (tertiary/aromatic N) is 2. The minimum Gasteiger partial charge on any atom is -0.341 e. The van der Waals surface area contributed by atoms with Gasteiger partial charge in [-0.25, -0.2) is 8.78 Å². The molecule has 1 atom stereocenters. The van der Waals surface area contributed by atoms with Crippen molar-refractivity contribution in [3.05, 3.63) is 35.4 Å². The summed E-state index contributed by atoms with van der Waals surface area (Å²) in [4.78, 5) is 28.7. The molecule has 25 heavy (non-hydrogen) atoms.